The second-order valence-corrected chi connectivity index (χ2v) is 8.76. The van der Waals surface area contributed by atoms with Crippen LogP contribution >= 0.6 is 0 Å². The third-order valence-electron chi connectivity index (χ3n) is 5.80. The Kier molecular flexibility index (Phi) is 7.13. The lowest BCUT2D eigenvalue weighted by Crippen LogP contribution is -2.67. The van der Waals surface area contributed by atoms with Crippen molar-refractivity contribution in [2.75, 3.05) is 11.9 Å². The second-order valence-electron chi connectivity index (χ2n) is 8.76. The summed E-state index contributed by atoms with van der Waals surface area (Å²) in [5.41, 5.74) is -0.109. The number of nitrogens with zero attached hydrogens (tertiary/aromatic N) is 5. The van der Waals surface area contributed by atoms with E-state index in [0.717, 1.165) is 12.1 Å². The first-order chi connectivity index (χ1) is 17.4. The molecule has 0 saturated carbocycles. The molecule has 0 bridgehead atoms. The highest BCUT2D eigenvalue weighted by molar-refractivity contribution is 5.98. The van der Waals surface area contributed by atoms with Crippen LogP contribution in [0.4, 0.5) is 19.0 Å². The van der Waals surface area contributed by atoms with Crippen molar-refractivity contribution in [2.45, 2.75) is 51.1 Å². The molecule has 3 unspecified atom stereocenters. The van der Waals surface area contributed by atoms with Crippen LogP contribution in [0.3, 0.4) is 0 Å². The monoisotopic (exact) mass is 518 g/mol. The van der Waals surface area contributed by atoms with E-state index in [4.69, 9.17) is 4.74 Å². The number of hydrogen-bond acceptors (Lipinski definition) is 9. The number of carbonyl (C=O) groups excluding carboxylic acids is 1. The first kappa shape index (κ1) is 26.4. The van der Waals surface area contributed by atoms with Gasteiger partial charge in [0.25, 0.3) is 11.8 Å². The summed E-state index contributed by atoms with van der Waals surface area (Å²) in [7, 11) is 0. The third-order valence-corrected chi connectivity index (χ3v) is 5.80. The quantitative estimate of drug-likeness (QED) is 0.436. The molecule has 1 amide bonds. The number of pyridine rings is 2. The number of nitrogens with one attached hydrogen (secondary N) is 1. The van der Waals surface area contributed by atoms with E-state index in [0.29, 0.717) is 17.5 Å². The van der Waals surface area contributed by atoms with Crippen LogP contribution in [-0.4, -0.2) is 71.7 Å². The number of alkyl halides is 3. The smallest absolute Gasteiger partial charge is 0.371 e. The van der Waals surface area contributed by atoms with Gasteiger partial charge in [0.2, 0.25) is 0 Å². The summed E-state index contributed by atoms with van der Waals surface area (Å²) in [6, 6.07) is 5.29. The molecular formula is C24H25F3N6O4. The van der Waals surface area contributed by atoms with Crippen molar-refractivity contribution >= 4 is 11.7 Å². The Labute approximate surface area is 210 Å². The molecule has 1 aliphatic heterocycles. The standard InChI is InChI=1S/C24H25F3N6O4/c1-13-5-7-17(21-28-9-4-10-29-21)19(31-13)22(34)33-12-14(2)37-15(3)20(33)24(35,36)32-18-8-6-16(11-30-18)23(25,26)27/h4-11,14-15,20,35-36H,12H2,1-3H3,(H,30,32). The normalized spacial score (nSPS) is 20.5. The van der Waals surface area contributed by atoms with Gasteiger partial charge in [-0.3, -0.25) is 4.79 Å². The van der Waals surface area contributed by atoms with E-state index >= 15 is 0 Å². The Balaban J connectivity index is 1.69. The summed E-state index contributed by atoms with van der Waals surface area (Å²) in [5.74, 6) is -3.46. The average Bonchev–Trinajstić information content (AvgIpc) is 2.83. The minimum absolute atomic E-state index is 0.000884. The van der Waals surface area contributed by atoms with E-state index in [2.05, 4.69) is 25.3 Å². The highest BCUT2D eigenvalue weighted by Gasteiger charge is 2.49. The molecule has 0 aliphatic carbocycles. The Bertz CT molecular complexity index is 1260. The summed E-state index contributed by atoms with van der Waals surface area (Å²) < 4.78 is 44.4. The molecule has 4 heterocycles. The molecule has 1 aliphatic rings. The molecule has 4 rings (SSSR count). The van der Waals surface area contributed by atoms with Gasteiger partial charge in [0.1, 0.15) is 17.6 Å². The number of hydrogen-bond donors (Lipinski definition) is 3. The molecule has 1 fully saturated rings. The van der Waals surface area contributed by atoms with Gasteiger partial charge in [-0.05, 0) is 51.1 Å². The Morgan fingerprint density at radius 2 is 1.81 bits per heavy atom. The molecule has 0 spiro atoms. The third kappa shape index (κ3) is 5.68. The summed E-state index contributed by atoms with van der Waals surface area (Å²) in [5, 5.41) is 24.4. The Hall–Kier alpha value is -3.68. The van der Waals surface area contributed by atoms with E-state index in [1.165, 1.54) is 17.3 Å². The maximum atomic E-state index is 13.9. The molecule has 3 aromatic heterocycles. The van der Waals surface area contributed by atoms with Gasteiger partial charge < -0.3 is 25.2 Å². The number of aryl methyl sites for hydroxylation is 1. The number of anilines is 1. The van der Waals surface area contributed by atoms with Gasteiger partial charge in [-0.15, -0.1) is 0 Å². The van der Waals surface area contributed by atoms with Gasteiger partial charge in [-0.2, -0.15) is 13.2 Å². The first-order valence-corrected chi connectivity index (χ1v) is 11.3. The predicted octanol–water partition coefficient (Wildman–Crippen LogP) is 2.63. The van der Waals surface area contributed by atoms with Gasteiger partial charge in [0.15, 0.2) is 5.82 Å². The summed E-state index contributed by atoms with van der Waals surface area (Å²) in [6.07, 6.45) is -2.36. The minimum atomic E-state index is -4.60. The Morgan fingerprint density at radius 1 is 1.11 bits per heavy atom. The van der Waals surface area contributed by atoms with Crippen LogP contribution in [0.5, 0.6) is 0 Å². The lowest BCUT2D eigenvalue weighted by atomic mass is 10.0. The second kappa shape index (κ2) is 10.00. The zero-order chi connectivity index (χ0) is 27.0. The van der Waals surface area contributed by atoms with Crippen LogP contribution in [0.1, 0.15) is 35.6 Å². The predicted molar refractivity (Wildman–Crippen MR) is 125 cm³/mol. The molecule has 3 atom stereocenters. The molecular weight excluding hydrogens is 493 g/mol. The zero-order valence-corrected chi connectivity index (χ0v) is 20.1. The largest absolute Gasteiger partial charge is 0.417 e. The van der Waals surface area contributed by atoms with E-state index in [1.807, 2.05) is 0 Å². The van der Waals surface area contributed by atoms with E-state index < -0.39 is 41.8 Å². The summed E-state index contributed by atoms with van der Waals surface area (Å²) >= 11 is 0. The summed E-state index contributed by atoms with van der Waals surface area (Å²) in [4.78, 5) is 31.5. The highest BCUT2D eigenvalue weighted by Crippen LogP contribution is 2.32. The molecule has 3 N–H and O–H groups in total. The first-order valence-electron chi connectivity index (χ1n) is 11.3. The van der Waals surface area contributed by atoms with E-state index in [1.54, 1.807) is 39.0 Å². The van der Waals surface area contributed by atoms with Crippen LogP contribution in [0.15, 0.2) is 48.9 Å². The molecule has 3 aromatic rings. The maximum absolute atomic E-state index is 13.9. The fourth-order valence-corrected chi connectivity index (χ4v) is 4.25. The fraction of sp³-hybridized carbons (Fsp3) is 0.375. The minimum Gasteiger partial charge on any atom is -0.371 e. The van der Waals surface area contributed by atoms with Crippen LogP contribution in [0.25, 0.3) is 11.4 Å². The topological polar surface area (TPSA) is 134 Å². The number of aliphatic hydroxyl groups is 2. The van der Waals surface area contributed by atoms with Crippen LogP contribution in [0.2, 0.25) is 0 Å². The number of halogens is 3. The van der Waals surface area contributed by atoms with Gasteiger partial charge >= 0.3 is 6.18 Å². The van der Waals surface area contributed by atoms with Crippen molar-refractivity contribution in [3.05, 3.63) is 65.9 Å². The van der Waals surface area contributed by atoms with Gasteiger partial charge in [-0.1, -0.05) is 0 Å². The number of amides is 1. The van der Waals surface area contributed by atoms with Crippen LogP contribution < -0.4 is 5.32 Å². The SMILES string of the molecule is Cc1ccc(-c2ncccn2)c(C(=O)N2CC(C)OC(C)C2C(O)(O)Nc2ccc(C(F)(F)F)cn2)n1. The van der Waals surface area contributed by atoms with Gasteiger partial charge in [0, 0.05) is 30.8 Å². The summed E-state index contributed by atoms with van der Waals surface area (Å²) in [6.45, 7) is 4.95. The number of morpholine rings is 1. The van der Waals surface area contributed by atoms with Crippen molar-refractivity contribution in [3.63, 3.8) is 0 Å². The van der Waals surface area contributed by atoms with Crippen molar-refractivity contribution in [2.24, 2.45) is 0 Å². The van der Waals surface area contributed by atoms with Gasteiger partial charge in [0.05, 0.1) is 23.3 Å². The molecule has 37 heavy (non-hydrogen) atoms. The number of carbonyl (C=O) groups is 1. The number of ether oxygens (including phenoxy) is 1. The molecule has 10 nitrogen and oxygen atoms in total. The highest BCUT2D eigenvalue weighted by atomic mass is 19.4. The van der Waals surface area contributed by atoms with Crippen LogP contribution in [0, 0.1) is 6.92 Å². The number of rotatable bonds is 5. The lowest BCUT2D eigenvalue weighted by Gasteiger charge is -2.47. The van der Waals surface area contributed by atoms with Crippen molar-refractivity contribution in [3.8, 4) is 11.4 Å². The van der Waals surface area contributed by atoms with Crippen molar-refractivity contribution < 1.29 is 32.9 Å². The van der Waals surface area contributed by atoms with E-state index in [9.17, 15) is 28.2 Å². The van der Waals surface area contributed by atoms with Gasteiger partial charge in [-0.25, -0.2) is 19.9 Å². The number of aromatic nitrogens is 4. The molecule has 13 heteroatoms. The Morgan fingerprint density at radius 3 is 2.43 bits per heavy atom. The lowest BCUT2D eigenvalue weighted by molar-refractivity contribution is -0.230. The van der Waals surface area contributed by atoms with Crippen molar-refractivity contribution in [1.82, 2.24) is 24.8 Å². The van der Waals surface area contributed by atoms with E-state index in [-0.39, 0.29) is 23.9 Å². The molecule has 1 saturated heterocycles. The molecule has 0 aromatic carbocycles. The maximum Gasteiger partial charge on any atom is 0.417 e. The van der Waals surface area contributed by atoms with Crippen molar-refractivity contribution in [1.29, 1.82) is 0 Å². The molecule has 196 valence electrons. The van der Waals surface area contributed by atoms with Crippen LogP contribution in [-0.2, 0) is 10.9 Å². The molecule has 0 radical (unpaired) electrons. The zero-order valence-electron chi connectivity index (χ0n) is 20.1. The average molecular weight is 518 g/mol. The fourth-order valence-electron chi connectivity index (χ4n) is 4.25.